The number of benzene rings is 1. The third kappa shape index (κ3) is 3.27. The fourth-order valence-corrected chi connectivity index (χ4v) is 3.26. The van der Waals surface area contributed by atoms with Gasteiger partial charge in [0.05, 0.1) is 12.5 Å². The molecule has 1 heterocycles. The van der Waals surface area contributed by atoms with Crippen LogP contribution in [0.1, 0.15) is 44.1 Å². The van der Waals surface area contributed by atoms with Gasteiger partial charge < -0.3 is 15.0 Å². The van der Waals surface area contributed by atoms with E-state index in [0.717, 1.165) is 24.8 Å². The lowest BCUT2D eigenvalue weighted by Gasteiger charge is -2.39. The molecule has 1 N–H and O–H groups in total. The summed E-state index contributed by atoms with van der Waals surface area (Å²) in [6, 6.07) is 7.41. The van der Waals surface area contributed by atoms with Crippen molar-refractivity contribution in [2.75, 3.05) is 18.5 Å². The predicted molar refractivity (Wildman–Crippen MR) is 88.4 cm³/mol. The normalized spacial score (nSPS) is 19.7. The second-order valence-corrected chi connectivity index (χ2v) is 6.25. The van der Waals surface area contributed by atoms with Crippen molar-refractivity contribution in [3.63, 3.8) is 0 Å². The van der Waals surface area contributed by atoms with Crippen molar-refractivity contribution in [2.45, 2.75) is 44.6 Å². The Morgan fingerprint density at radius 3 is 2.71 bits per heavy atom. The highest BCUT2D eigenvalue weighted by molar-refractivity contribution is 6.01. The molecular formula is C18H22N2O4. The Kier molecular flexibility index (Phi) is 4.83. The lowest BCUT2D eigenvalue weighted by Crippen LogP contribution is -2.49. The Bertz CT molecular complexity index is 654. The molecule has 0 aromatic heterocycles. The summed E-state index contributed by atoms with van der Waals surface area (Å²) in [4.78, 5) is 38.6. The van der Waals surface area contributed by atoms with Gasteiger partial charge in [0, 0.05) is 18.2 Å². The lowest BCUT2D eigenvalue weighted by atomic mass is 9.86. The molecule has 0 saturated heterocycles. The number of para-hydroxylation sites is 1. The van der Waals surface area contributed by atoms with E-state index in [0.29, 0.717) is 12.3 Å². The van der Waals surface area contributed by atoms with Gasteiger partial charge in [-0.2, -0.15) is 0 Å². The van der Waals surface area contributed by atoms with E-state index in [-0.39, 0.29) is 30.8 Å². The van der Waals surface area contributed by atoms with E-state index in [9.17, 15) is 14.4 Å². The number of amides is 2. The van der Waals surface area contributed by atoms with Crippen molar-refractivity contribution in [3.05, 3.63) is 29.8 Å². The average molecular weight is 330 g/mol. The highest BCUT2D eigenvalue weighted by Crippen LogP contribution is 2.35. The van der Waals surface area contributed by atoms with Gasteiger partial charge in [-0.25, -0.2) is 0 Å². The summed E-state index contributed by atoms with van der Waals surface area (Å²) in [6.07, 6.45) is 2.96. The molecule has 2 amide bonds. The van der Waals surface area contributed by atoms with Crippen LogP contribution >= 0.6 is 0 Å². The standard InChI is InChI=1S/C18H22N2O4/c1-2-24-17(22)11-20(12-6-5-7-12)18(23)14-10-16(21)19-15-9-4-3-8-13(14)15/h3-4,8-9,12,14H,2,5-7,10-11H2,1H3,(H,19,21)/t14-/m1/s1. The molecule has 6 nitrogen and oxygen atoms in total. The summed E-state index contributed by atoms with van der Waals surface area (Å²) in [5.41, 5.74) is 1.49. The van der Waals surface area contributed by atoms with Crippen LogP contribution in [0, 0.1) is 0 Å². The van der Waals surface area contributed by atoms with Crippen LogP contribution in [0.3, 0.4) is 0 Å². The minimum absolute atomic E-state index is 0.0440. The predicted octanol–water partition coefficient (Wildman–Crippen LogP) is 2.06. The molecule has 1 saturated carbocycles. The summed E-state index contributed by atoms with van der Waals surface area (Å²) in [7, 11) is 0. The number of hydrogen-bond acceptors (Lipinski definition) is 4. The van der Waals surface area contributed by atoms with Gasteiger partial charge >= 0.3 is 5.97 Å². The molecule has 1 atom stereocenters. The Labute approximate surface area is 141 Å². The zero-order valence-electron chi connectivity index (χ0n) is 13.8. The molecule has 0 radical (unpaired) electrons. The van der Waals surface area contributed by atoms with E-state index in [2.05, 4.69) is 5.32 Å². The molecular weight excluding hydrogens is 308 g/mol. The quantitative estimate of drug-likeness (QED) is 0.839. The molecule has 0 bridgehead atoms. The van der Waals surface area contributed by atoms with Gasteiger partial charge in [0.2, 0.25) is 11.8 Å². The first-order valence-electron chi connectivity index (χ1n) is 8.45. The van der Waals surface area contributed by atoms with Gasteiger partial charge in [-0.1, -0.05) is 18.2 Å². The minimum atomic E-state index is -0.537. The fourth-order valence-electron chi connectivity index (χ4n) is 3.26. The summed E-state index contributed by atoms with van der Waals surface area (Å²) in [5.74, 6) is -1.26. The number of nitrogens with zero attached hydrogens (tertiary/aromatic N) is 1. The first kappa shape index (κ1) is 16.5. The Morgan fingerprint density at radius 2 is 2.04 bits per heavy atom. The smallest absolute Gasteiger partial charge is 0.325 e. The average Bonchev–Trinajstić information content (AvgIpc) is 2.51. The lowest BCUT2D eigenvalue weighted by molar-refractivity contribution is -0.152. The molecule has 128 valence electrons. The molecule has 1 aliphatic heterocycles. The Balaban J connectivity index is 1.84. The first-order chi connectivity index (χ1) is 11.6. The van der Waals surface area contributed by atoms with E-state index in [1.54, 1.807) is 17.9 Å². The number of anilines is 1. The molecule has 1 aromatic rings. The van der Waals surface area contributed by atoms with Gasteiger partial charge in [0.15, 0.2) is 0 Å². The van der Waals surface area contributed by atoms with Crippen LogP contribution in [-0.2, 0) is 19.1 Å². The zero-order chi connectivity index (χ0) is 17.1. The number of fused-ring (bicyclic) bond motifs is 1. The number of ether oxygens (including phenoxy) is 1. The monoisotopic (exact) mass is 330 g/mol. The summed E-state index contributed by atoms with van der Waals surface area (Å²) in [6.45, 7) is 1.99. The molecule has 3 rings (SSSR count). The Hall–Kier alpha value is -2.37. The van der Waals surface area contributed by atoms with E-state index in [4.69, 9.17) is 4.74 Å². The van der Waals surface area contributed by atoms with E-state index < -0.39 is 11.9 Å². The van der Waals surface area contributed by atoms with E-state index >= 15 is 0 Å². The van der Waals surface area contributed by atoms with Gasteiger partial charge in [-0.3, -0.25) is 14.4 Å². The number of esters is 1. The van der Waals surface area contributed by atoms with E-state index in [1.807, 2.05) is 18.2 Å². The highest BCUT2D eigenvalue weighted by atomic mass is 16.5. The zero-order valence-corrected chi connectivity index (χ0v) is 13.8. The number of carbonyl (C=O) groups is 3. The molecule has 1 aromatic carbocycles. The summed E-state index contributed by atoms with van der Waals surface area (Å²) < 4.78 is 5.01. The van der Waals surface area contributed by atoms with Gasteiger partial charge in [0.25, 0.3) is 0 Å². The van der Waals surface area contributed by atoms with Crippen LogP contribution in [-0.4, -0.2) is 41.9 Å². The SMILES string of the molecule is CCOC(=O)CN(C(=O)[C@@H]1CC(=O)Nc2ccccc21)C1CCC1. The van der Waals surface area contributed by atoms with Crippen molar-refractivity contribution in [1.82, 2.24) is 4.90 Å². The third-order valence-corrected chi connectivity index (χ3v) is 4.70. The van der Waals surface area contributed by atoms with Crippen molar-refractivity contribution >= 4 is 23.5 Å². The highest BCUT2D eigenvalue weighted by Gasteiger charge is 2.38. The molecule has 0 unspecified atom stereocenters. The minimum Gasteiger partial charge on any atom is -0.465 e. The van der Waals surface area contributed by atoms with Gasteiger partial charge in [-0.15, -0.1) is 0 Å². The molecule has 1 fully saturated rings. The third-order valence-electron chi connectivity index (χ3n) is 4.70. The van der Waals surface area contributed by atoms with Crippen molar-refractivity contribution in [1.29, 1.82) is 0 Å². The van der Waals surface area contributed by atoms with Gasteiger partial charge in [0.1, 0.15) is 6.54 Å². The topological polar surface area (TPSA) is 75.7 Å². The maximum atomic E-state index is 13.1. The molecule has 24 heavy (non-hydrogen) atoms. The fraction of sp³-hybridized carbons (Fsp3) is 0.500. The van der Waals surface area contributed by atoms with Crippen LogP contribution in [0.4, 0.5) is 5.69 Å². The molecule has 1 aliphatic carbocycles. The van der Waals surface area contributed by atoms with Crippen LogP contribution in [0.25, 0.3) is 0 Å². The van der Waals surface area contributed by atoms with E-state index in [1.165, 1.54) is 0 Å². The number of carbonyl (C=O) groups excluding carboxylic acids is 3. The molecule has 2 aliphatic rings. The number of rotatable bonds is 5. The largest absolute Gasteiger partial charge is 0.465 e. The van der Waals surface area contributed by atoms with Crippen LogP contribution in [0.5, 0.6) is 0 Å². The maximum absolute atomic E-state index is 13.1. The molecule has 6 heteroatoms. The first-order valence-corrected chi connectivity index (χ1v) is 8.45. The second-order valence-electron chi connectivity index (χ2n) is 6.25. The summed E-state index contributed by atoms with van der Waals surface area (Å²) in [5, 5.41) is 2.80. The van der Waals surface area contributed by atoms with Crippen LogP contribution < -0.4 is 5.32 Å². The van der Waals surface area contributed by atoms with Gasteiger partial charge in [-0.05, 0) is 37.8 Å². The summed E-state index contributed by atoms with van der Waals surface area (Å²) >= 11 is 0. The number of hydrogen-bond donors (Lipinski definition) is 1. The number of nitrogens with one attached hydrogen (secondary N) is 1. The van der Waals surface area contributed by atoms with Crippen LogP contribution in [0.15, 0.2) is 24.3 Å². The Morgan fingerprint density at radius 1 is 1.29 bits per heavy atom. The van der Waals surface area contributed by atoms with Crippen molar-refractivity contribution in [3.8, 4) is 0 Å². The maximum Gasteiger partial charge on any atom is 0.325 e. The van der Waals surface area contributed by atoms with Crippen molar-refractivity contribution < 1.29 is 19.1 Å². The van der Waals surface area contributed by atoms with Crippen molar-refractivity contribution in [2.24, 2.45) is 0 Å². The molecule has 0 spiro atoms. The van der Waals surface area contributed by atoms with Crippen LogP contribution in [0.2, 0.25) is 0 Å². The second kappa shape index (κ2) is 7.03.